The number of carboxylic acids is 1. The number of rotatable bonds is 4. The van der Waals surface area contributed by atoms with Crippen molar-refractivity contribution in [3.63, 3.8) is 0 Å². The first-order chi connectivity index (χ1) is 13.4. The van der Waals surface area contributed by atoms with Crippen molar-refractivity contribution in [2.24, 2.45) is 0 Å². The fourth-order valence-electron chi connectivity index (χ4n) is 3.09. The van der Waals surface area contributed by atoms with E-state index in [1.54, 1.807) is 29.0 Å². The van der Waals surface area contributed by atoms with Gasteiger partial charge in [0.1, 0.15) is 11.4 Å². The van der Waals surface area contributed by atoms with Crippen LogP contribution in [0.2, 0.25) is 0 Å². The maximum atomic E-state index is 12.7. The van der Waals surface area contributed by atoms with E-state index in [0.29, 0.717) is 37.5 Å². The van der Waals surface area contributed by atoms with E-state index in [1.165, 1.54) is 18.3 Å². The number of benzene rings is 1. The second-order valence-electron chi connectivity index (χ2n) is 6.50. The summed E-state index contributed by atoms with van der Waals surface area (Å²) in [5.41, 5.74) is 1.59. The molecule has 0 aliphatic carbocycles. The number of pyridine rings is 1. The van der Waals surface area contributed by atoms with E-state index in [-0.39, 0.29) is 23.1 Å². The molecule has 8 nitrogen and oxygen atoms in total. The van der Waals surface area contributed by atoms with Gasteiger partial charge in [0.25, 0.3) is 11.8 Å². The number of hydrogen-bond donors (Lipinski definition) is 1. The molecule has 0 radical (unpaired) electrons. The summed E-state index contributed by atoms with van der Waals surface area (Å²) in [7, 11) is 1.56. The number of piperazine rings is 1. The Morgan fingerprint density at radius 3 is 2.21 bits per heavy atom. The number of aromatic nitrogens is 1. The van der Waals surface area contributed by atoms with Gasteiger partial charge in [-0.15, -0.1) is 0 Å². The molecule has 1 N–H and O–H groups in total. The van der Waals surface area contributed by atoms with Gasteiger partial charge in [0.2, 0.25) is 0 Å². The standard InChI is InChI=1S/C20H21N3O5/c1-13-3-4-14(12-17(13)28-2)18(24)22-7-9-23(10-8-22)19(25)16-11-15(20(26)27)5-6-21-16/h3-6,11-12H,7-10H2,1-2H3,(H,26,27). The molecule has 1 aliphatic rings. The Labute approximate surface area is 162 Å². The highest BCUT2D eigenvalue weighted by atomic mass is 16.5. The topological polar surface area (TPSA) is 100 Å². The molecule has 146 valence electrons. The third-order valence-corrected chi connectivity index (χ3v) is 4.74. The maximum Gasteiger partial charge on any atom is 0.335 e. The Balaban J connectivity index is 1.65. The lowest BCUT2D eigenvalue weighted by atomic mass is 10.1. The van der Waals surface area contributed by atoms with Crippen LogP contribution in [0.3, 0.4) is 0 Å². The summed E-state index contributed by atoms with van der Waals surface area (Å²) < 4.78 is 5.27. The molecule has 0 saturated carbocycles. The lowest BCUT2D eigenvalue weighted by molar-refractivity contribution is 0.0532. The Morgan fingerprint density at radius 1 is 0.964 bits per heavy atom. The molecule has 3 rings (SSSR count). The number of carboxylic acid groups (broad SMARTS) is 1. The number of aryl methyl sites for hydroxylation is 1. The highest BCUT2D eigenvalue weighted by Crippen LogP contribution is 2.20. The van der Waals surface area contributed by atoms with Crippen molar-refractivity contribution in [2.45, 2.75) is 6.92 Å². The summed E-state index contributed by atoms with van der Waals surface area (Å²) in [5, 5.41) is 9.05. The number of carbonyl (C=O) groups is 3. The fourth-order valence-corrected chi connectivity index (χ4v) is 3.09. The average Bonchev–Trinajstić information content (AvgIpc) is 2.73. The summed E-state index contributed by atoms with van der Waals surface area (Å²) in [6, 6.07) is 7.93. The first-order valence-corrected chi connectivity index (χ1v) is 8.83. The number of ether oxygens (including phenoxy) is 1. The number of amides is 2. The second-order valence-corrected chi connectivity index (χ2v) is 6.50. The van der Waals surface area contributed by atoms with Crippen molar-refractivity contribution in [3.8, 4) is 5.75 Å². The molecule has 1 saturated heterocycles. The van der Waals surface area contributed by atoms with Crippen molar-refractivity contribution < 1.29 is 24.2 Å². The number of carbonyl (C=O) groups excluding carboxylic acids is 2. The van der Waals surface area contributed by atoms with Crippen LogP contribution >= 0.6 is 0 Å². The highest BCUT2D eigenvalue weighted by Gasteiger charge is 2.26. The van der Waals surface area contributed by atoms with E-state index in [2.05, 4.69) is 4.98 Å². The third-order valence-electron chi connectivity index (χ3n) is 4.74. The SMILES string of the molecule is COc1cc(C(=O)N2CCN(C(=O)c3cc(C(=O)O)ccn3)CC2)ccc1C. The molecule has 0 spiro atoms. The molecule has 0 bridgehead atoms. The number of nitrogens with zero attached hydrogens (tertiary/aromatic N) is 3. The molecular formula is C20H21N3O5. The second kappa shape index (κ2) is 8.08. The van der Waals surface area contributed by atoms with Crippen LogP contribution in [-0.4, -0.2) is 71.0 Å². The quantitative estimate of drug-likeness (QED) is 0.863. The van der Waals surface area contributed by atoms with Gasteiger partial charge in [-0.05, 0) is 36.8 Å². The molecule has 1 fully saturated rings. The third kappa shape index (κ3) is 3.95. The summed E-state index contributed by atoms with van der Waals surface area (Å²) in [6.07, 6.45) is 1.31. The molecule has 0 unspecified atom stereocenters. The molecule has 1 aromatic heterocycles. The molecule has 2 heterocycles. The zero-order valence-electron chi connectivity index (χ0n) is 15.7. The van der Waals surface area contributed by atoms with E-state index >= 15 is 0 Å². The van der Waals surface area contributed by atoms with Gasteiger partial charge in [0, 0.05) is 37.9 Å². The first-order valence-electron chi connectivity index (χ1n) is 8.83. The van der Waals surface area contributed by atoms with Crippen LogP contribution in [0, 0.1) is 6.92 Å². The summed E-state index contributed by atoms with van der Waals surface area (Å²) in [6.45, 7) is 3.39. The summed E-state index contributed by atoms with van der Waals surface area (Å²) in [4.78, 5) is 43.6. The molecule has 0 atom stereocenters. The van der Waals surface area contributed by atoms with Gasteiger partial charge in [-0.1, -0.05) is 6.07 Å². The number of hydrogen-bond acceptors (Lipinski definition) is 5. The molecular weight excluding hydrogens is 362 g/mol. The van der Waals surface area contributed by atoms with E-state index < -0.39 is 5.97 Å². The number of methoxy groups -OCH3 is 1. The predicted molar refractivity (Wildman–Crippen MR) is 101 cm³/mol. The molecule has 2 amide bonds. The van der Waals surface area contributed by atoms with Crippen LogP contribution in [0.25, 0.3) is 0 Å². The van der Waals surface area contributed by atoms with Gasteiger partial charge < -0.3 is 19.6 Å². The smallest absolute Gasteiger partial charge is 0.335 e. The van der Waals surface area contributed by atoms with Gasteiger partial charge >= 0.3 is 5.97 Å². The van der Waals surface area contributed by atoms with Crippen molar-refractivity contribution in [3.05, 3.63) is 58.9 Å². The van der Waals surface area contributed by atoms with E-state index in [4.69, 9.17) is 9.84 Å². The lowest BCUT2D eigenvalue weighted by Crippen LogP contribution is -2.50. The zero-order valence-corrected chi connectivity index (χ0v) is 15.7. The monoisotopic (exact) mass is 383 g/mol. The van der Waals surface area contributed by atoms with Crippen LogP contribution in [0.4, 0.5) is 0 Å². The van der Waals surface area contributed by atoms with Crippen LogP contribution in [0.15, 0.2) is 36.5 Å². The molecule has 28 heavy (non-hydrogen) atoms. The van der Waals surface area contributed by atoms with Gasteiger partial charge in [-0.3, -0.25) is 14.6 Å². The van der Waals surface area contributed by atoms with Crippen LogP contribution in [0.5, 0.6) is 5.75 Å². The van der Waals surface area contributed by atoms with Crippen molar-refractivity contribution in [1.29, 1.82) is 0 Å². The van der Waals surface area contributed by atoms with Gasteiger partial charge in [-0.25, -0.2) is 4.79 Å². The minimum atomic E-state index is -1.11. The van der Waals surface area contributed by atoms with Crippen molar-refractivity contribution in [1.82, 2.24) is 14.8 Å². The van der Waals surface area contributed by atoms with E-state index in [1.807, 2.05) is 13.0 Å². The van der Waals surface area contributed by atoms with E-state index in [9.17, 15) is 14.4 Å². The fraction of sp³-hybridized carbons (Fsp3) is 0.300. The van der Waals surface area contributed by atoms with Crippen LogP contribution < -0.4 is 4.74 Å². The van der Waals surface area contributed by atoms with Crippen LogP contribution in [-0.2, 0) is 0 Å². The van der Waals surface area contributed by atoms with Crippen molar-refractivity contribution in [2.75, 3.05) is 33.3 Å². The van der Waals surface area contributed by atoms with Gasteiger partial charge in [0.15, 0.2) is 0 Å². The zero-order chi connectivity index (χ0) is 20.3. The first kappa shape index (κ1) is 19.3. The van der Waals surface area contributed by atoms with Gasteiger partial charge in [0.05, 0.1) is 12.7 Å². The maximum absolute atomic E-state index is 12.7. The van der Waals surface area contributed by atoms with Crippen molar-refractivity contribution >= 4 is 17.8 Å². The normalized spacial score (nSPS) is 13.9. The number of aromatic carboxylic acids is 1. The molecule has 1 aliphatic heterocycles. The Morgan fingerprint density at radius 2 is 1.61 bits per heavy atom. The lowest BCUT2D eigenvalue weighted by Gasteiger charge is -2.34. The summed E-state index contributed by atoms with van der Waals surface area (Å²) in [5.74, 6) is -0.909. The van der Waals surface area contributed by atoms with Crippen LogP contribution in [0.1, 0.15) is 36.8 Å². The Bertz CT molecular complexity index is 920. The molecule has 1 aromatic carbocycles. The molecule has 2 aromatic rings. The predicted octanol–water partition coefficient (Wildman–Crippen LogP) is 1.70. The average molecular weight is 383 g/mol. The minimum Gasteiger partial charge on any atom is -0.496 e. The van der Waals surface area contributed by atoms with E-state index in [0.717, 1.165) is 5.56 Å². The molecule has 8 heteroatoms. The highest BCUT2D eigenvalue weighted by molar-refractivity contribution is 5.97. The Kier molecular flexibility index (Phi) is 5.58. The largest absolute Gasteiger partial charge is 0.496 e. The van der Waals surface area contributed by atoms with Gasteiger partial charge in [-0.2, -0.15) is 0 Å². The minimum absolute atomic E-state index is 0.0143. The summed E-state index contributed by atoms with van der Waals surface area (Å²) >= 11 is 0. The Hall–Kier alpha value is -3.42.